The van der Waals surface area contributed by atoms with Gasteiger partial charge in [-0.3, -0.25) is 4.79 Å². The highest BCUT2D eigenvalue weighted by atomic mass is 32.2. The number of Topliss-reactive ketones (excluding diaryl/α,β-unsaturated/α-hetero) is 1. The maximum Gasteiger partial charge on any atom is 0.210 e. The molecule has 0 amide bonds. The number of hydrogen-bond donors (Lipinski definition) is 2. The molecule has 6 heteroatoms. The van der Waals surface area contributed by atoms with Crippen molar-refractivity contribution in [3.05, 3.63) is 65.2 Å². The molecule has 1 aliphatic heterocycles. The van der Waals surface area contributed by atoms with Gasteiger partial charge in [-0.25, -0.2) is 8.42 Å². The van der Waals surface area contributed by atoms with Gasteiger partial charge in [-0.1, -0.05) is 36.4 Å². The molecule has 1 heterocycles. The SMILES string of the molecule is CC1(C)OC(c2ccc(C[SH](=O)=O)cc2)=C(c2ccc(O)cc2)C1=O. The Morgan fingerprint density at radius 2 is 1.52 bits per heavy atom. The number of ether oxygens (including phenoxy) is 1. The molecule has 1 N–H and O–H groups in total. The van der Waals surface area contributed by atoms with Crippen LogP contribution in [0.3, 0.4) is 0 Å². The van der Waals surface area contributed by atoms with Gasteiger partial charge in [0.25, 0.3) is 0 Å². The van der Waals surface area contributed by atoms with E-state index in [0.29, 0.717) is 28.0 Å². The average Bonchev–Trinajstić information content (AvgIpc) is 2.79. The van der Waals surface area contributed by atoms with E-state index in [1.165, 1.54) is 12.1 Å². The molecule has 2 aromatic carbocycles. The van der Waals surface area contributed by atoms with E-state index in [1.807, 2.05) is 0 Å². The first kappa shape index (κ1) is 17.2. The van der Waals surface area contributed by atoms with Crippen LogP contribution in [0, 0.1) is 0 Å². The number of carbonyl (C=O) groups excluding carboxylic acids is 1. The van der Waals surface area contributed by atoms with Crippen LogP contribution < -0.4 is 0 Å². The number of carbonyl (C=O) groups is 1. The molecule has 130 valence electrons. The minimum atomic E-state index is -2.49. The summed E-state index contributed by atoms with van der Waals surface area (Å²) in [6, 6.07) is 13.3. The average molecular weight is 358 g/mol. The molecule has 1 aliphatic rings. The molecular formula is C19H18O5S. The number of aromatic hydroxyl groups is 1. The van der Waals surface area contributed by atoms with Crippen molar-refractivity contribution in [3.8, 4) is 5.75 Å². The van der Waals surface area contributed by atoms with Gasteiger partial charge in [-0.2, -0.15) is 0 Å². The number of hydrogen-bond acceptors (Lipinski definition) is 5. The number of phenols is 1. The molecule has 0 fully saturated rings. The Balaban J connectivity index is 2.08. The van der Waals surface area contributed by atoms with Crippen LogP contribution in [0.25, 0.3) is 11.3 Å². The van der Waals surface area contributed by atoms with Gasteiger partial charge < -0.3 is 9.84 Å². The number of ketones is 1. The van der Waals surface area contributed by atoms with Gasteiger partial charge in [-0.05, 0) is 37.1 Å². The van der Waals surface area contributed by atoms with Gasteiger partial charge in [0.15, 0.2) is 5.60 Å². The van der Waals surface area contributed by atoms with Crippen molar-refractivity contribution in [1.29, 1.82) is 0 Å². The lowest BCUT2D eigenvalue weighted by atomic mass is 9.92. The predicted octanol–water partition coefficient (Wildman–Crippen LogP) is 2.75. The van der Waals surface area contributed by atoms with E-state index in [9.17, 15) is 18.3 Å². The highest BCUT2D eigenvalue weighted by molar-refractivity contribution is 7.71. The van der Waals surface area contributed by atoms with Crippen molar-refractivity contribution in [2.45, 2.75) is 25.2 Å². The summed E-state index contributed by atoms with van der Waals surface area (Å²) in [6.07, 6.45) is 0. The molecule has 0 radical (unpaired) electrons. The smallest absolute Gasteiger partial charge is 0.210 e. The molecule has 25 heavy (non-hydrogen) atoms. The van der Waals surface area contributed by atoms with E-state index in [1.54, 1.807) is 50.2 Å². The van der Waals surface area contributed by atoms with Gasteiger partial charge in [0.1, 0.15) is 22.2 Å². The van der Waals surface area contributed by atoms with Crippen LogP contribution in [0.15, 0.2) is 48.5 Å². The summed E-state index contributed by atoms with van der Waals surface area (Å²) in [5.41, 5.74) is 1.50. The van der Waals surface area contributed by atoms with Crippen LogP contribution in [-0.2, 0) is 26.0 Å². The van der Waals surface area contributed by atoms with Crippen LogP contribution in [0.5, 0.6) is 5.75 Å². The van der Waals surface area contributed by atoms with Gasteiger partial charge >= 0.3 is 0 Å². The largest absolute Gasteiger partial charge is 0.508 e. The topological polar surface area (TPSA) is 80.7 Å². The zero-order valence-corrected chi connectivity index (χ0v) is 14.7. The summed E-state index contributed by atoms with van der Waals surface area (Å²) in [7, 11) is -2.49. The molecule has 0 unspecified atom stereocenters. The molecule has 0 saturated carbocycles. The van der Waals surface area contributed by atoms with Gasteiger partial charge in [0.2, 0.25) is 5.78 Å². The van der Waals surface area contributed by atoms with E-state index < -0.39 is 16.3 Å². The molecule has 2 aromatic rings. The first-order valence-electron chi connectivity index (χ1n) is 7.76. The summed E-state index contributed by atoms with van der Waals surface area (Å²) in [5.74, 6) is 0.413. The summed E-state index contributed by atoms with van der Waals surface area (Å²) < 4.78 is 27.6. The zero-order chi connectivity index (χ0) is 18.2. The summed E-state index contributed by atoms with van der Waals surface area (Å²) in [6.45, 7) is 3.42. The molecule has 0 bridgehead atoms. The third-order valence-electron chi connectivity index (χ3n) is 4.04. The Kier molecular flexibility index (Phi) is 4.39. The molecular weight excluding hydrogens is 340 g/mol. The Bertz CT molecular complexity index is 911. The quantitative estimate of drug-likeness (QED) is 0.822. The van der Waals surface area contributed by atoms with Crippen molar-refractivity contribution in [2.24, 2.45) is 0 Å². The van der Waals surface area contributed by atoms with Crippen molar-refractivity contribution in [3.63, 3.8) is 0 Å². The van der Waals surface area contributed by atoms with Crippen molar-refractivity contribution in [1.82, 2.24) is 0 Å². The molecule has 3 rings (SSSR count). The van der Waals surface area contributed by atoms with Crippen molar-refractivity contribution >= 4 is 27.8 Å². The van der Waals surface area contributed by atoms with E-state index in [4.69, 9.17) is 4.74 Å². The number of thiol groups is 1. The lowest BCUT2D eigenvalue weighted by Gasteiger charge is -2.17. The first-order valence-corrected chi connectivity index (χ1v) is 9.13. The number of phenolic OH excluding ortho intramolecular Hbond substituents is 1. The maximum absolute atomic E-state index is 12.8. The second-order valence-corrected chi connectivity index (χ2v) is 7.36. The molecule has 0 saturated heterocycles. The van der Waals surface area contributed by atoms with E-state index >= 15 is 0 Å². The summed E-state index contributed by atoms with van der Waals surface area (Å²) >= 11 is 0. The van der Waals surface area contributed by atoms with Crippen LogP contribution in [0.4, 0.5) is 0 Å². The van der Waals surface area contributed by atoms with Gasteiger partial charge in [0.05, 0.1) is 11.3 Å². The highest BCUT2D eigenvalue weighted by Crippen LogP contribution is 2.41. The standard InChI is InChI=1S/C19H18O5S/c1-19(2)18(21)16(13-7-9-15(20)10-8-13)17(24-19)14-5-3-12(4-6-14)11-25(22)23/h3-10,20,25H,11H2,1-2H3. The Labute approximate surface area is 147 Å². The molecule has 0 aromatic heterocycles. The van der Waals surface area contributed by atoms with Gasteiger partial charge in [-0.15, -0.1) is 0 Å². The van der Waals surface area contributed by atoms with Gasteiger partial charge in [0, 0.05) is 5.56 Å². The second-order valence-electron chi connectivity index (χ2n) is 6.38. The maximum atomic E-state index is 12.8. The number of benzene rings is 2. The van der Waals surface area contributed by atoms with E-state index in [0.717, 1.165) is 0 Å². The lowest BCUT2D eigenvalue weighted by molar-refractivity contribution is -0.125. The molecule has 0 aliphatic carbocycles. The predicted molar refractivity (Wildman–Crippen MR) is 95.6 cm³/mol. The monoisotopic (exact) mass is 358 g/mol. The fraction of sp³-hybridized carbons (Fsp3) is 0.211. The van der Waals surface area contributed by atoms with Crippen molar-refractivity contribution < 1.29 is 23.1 Å². The third-order valence-corrected chi connectivity index (χ3v) is 4.67. The third kappa shape index (κ3) is 3.44. The minimum Gasteiger partial charge on any atom is -0.508 e. The Morgan fingerprint density at radius 1 is 0.960 bits per heavy atom. The fourth-order valence-corrected chi connectivity index (χ4v) is 3.27. The van der Waals surface area contributed by atoms with Crippen LogP contribution >= 0.6 is 0 Å². The fourth-order valence-electron chi connectivity index (χ4n) is 2.76. The van der Waals surface area contributed by atoms with Crippen LogP contribution in [0.2, 0.25) is 0 Å². The number of rotatable bonds is 4. The first-order chi connectivity index (χ1) is 11.8. The van der Waals surface area contributed by atoms with Crippen molar-refractivity contribution in [2.75, 3.05) is 0 Å². The summed E-state index contributed by atoms with van der Waals surface area (Å²) in [5, 5.41) is 9.47. The molecule has 0 atom stereocenters. The lowest BCUT2D eigenvalue weighted by Crippen LogP contribution is -2.29. The Hall–Kier alpha value is -2.60. The second kappa shape index (κ2) is 6.37. The normalized spacial score (nSPS) is 16.4. The van der Waals surface area contributed by atoms with Crippen LogP contribution in [0.1, 0.15) is 30.5 Å². The molecule has 5 nitrogen and oxygen atoms in total. The summed E-state index contributed by atoms with van der Waals surface area (Å²) in [4.78, 5) is 12.8. The van der Waals surface area contributed by atoms with E-state index in [-0.39, 0.29) is 17.3 Å². The van der Waals surface area contributed by atoms with E-state index in [2.05, 4.69) is 0 Å². The highest BCUT2D eigenvalue weighted by Gasteiger charge is 2.42. The minimum absolute atomic E-state index is 0.0231. The molecule has 0 spiro atoms. The van der Waals surface area contributed by atoms with Crippen LogP contribution in [-0.4, -0.2) is 24.9 Å². The zero-order valence-electron chi connectivity index (χ0n) is 13.9. The Morgan fingerprint density at radius 3 is 2.08 bits per heavy atom.